The van der Waals surface area contributed by atoms with E-state index in [9.17, 15) is 4.79 Å². The minimum Gasteiger partial charge on any atom is -0.394 e. The molecule has 2 atom stereocenters. The largest absolute Gasteiger partial charge is 0.394 e. The first-order valence-electron chi connectivity index (χ1n) is 6.49. The average molecular weight is 259 g/mol. The number of morpholine rings is 1. The molecule has 1 aliphatic heterocycles. The molecular formula is C12H25N3O3. The fourth-order valence-electron chi connectivity index (χ4n) is 2.14. The monoisotopic (exact) mass is 259 g/mol. The second-order valence-corrected chi connectivity index (χ2v) is 4.90. The molecule has 2 unspecified atom stereocenters. The lowest BCUT2D eigenvalue weighted by molar-refractivity contribution is -0.136. The Morgan fingerprint density at radius 1 is 1.56 bits per heavy atom. The summed E-state index contributed by atoms with van der Waals surface area (Å²) in [4.78, 5) is 15.7. The fourth-order valence-corrected chi connectivity index (χ4v) is 2.14. The first-order valence-corrected chi connectivity index (χ1v) is 6.49. The smallest absolute Gasteiger partial charge is 0.236 e. The van der Waals surface area contributed by atoms with Crippen LogP contribution in [0.25, 0.3) is 0 Å². The van der Waals surface area contributed by atoms with Crippen molar-refractivity contribution in [2.45, 2.75) is 25.6 Å². The van der Waals surface area contributed by atoms with Crippen molar-refractivity contribution < 1.29 is 14.6 Å². The molecule has 106 valence electrons. The number of hydrogen-bond acceptors (Lipinski definition) is 5. The molecule has 6 heteroatoms. The van der Waals surface area contributed by atoms with Gasteiger partial charge >= 0.3 is 0 Å². The second kappa shape index (κ2) is 7.68. The van der Waals surface area contributed by atoms with Gasteiger partial charge in [0.25, 0.3) is 0 Å². The molecule has 1 rings (SSSR count). The molecule has 0 aromatic heterocycles. The van der Waals surface area contributed by atoms with Crippen LogP contribution in [0.4, 0.5) is 0 Å². The van der Waals surface area contributed by atoms with Crippen molar-refractivity contribution in [2.75, 3.05) is 46.4 Å². The van der Waals surface area contributed by atoms with E-state index in [1.54, 1.807) is 11.9 Å². The Morgan fingerprint density at radius 2 is 2.28 bits per heavy atom. The standard InChI is InChI=1S/C12H25N3O3/c1-10-6-15(7-11(9-16)18-10)8-12(17)14(2)5-3-4-13/h10-11,16H,3-9,13H2,1-2H3. The van der Waals surface area contributed by atoms with E-state index in [2.05, 4.69) is 0 Å². The molecule has 0 aromatic carbocycles. The maximum atomic E-state index is 12.0. The summed E-state index contributed by atoms with van der Waals surface area (Å²) < 4.78 is 5.54. The molecule has 1 heterocycles. The topological polar surface area (TPSA) is 79.0 Å². The normalized spacial score (nSPS) is 25.1. The molecule has 18 heavy (non-hydrogen) atoms. The number of rotatable bonds is 6. The van der Waals surface area contributed by atoms with E-state index in [1.165, 1.54) is 0 Å². The zero-order valence-corrected chi connectivity index (χ0v) is 11.3. The van der Waals surface area contributed by atoms with Crippen LogP contribution in [0.3, 0.4) is 0 Å². The quantitative estimate of drug-likeness (QED) is 0.631. The molecule has 1 fully saturated rings. The van der Waals surface area contributed by atoms with Gasteiger partial charge in [0.1, 0.15) is 0 Å². The third-order valence-corrected chi connectivity index (χ3v) is 3.09. The maximum absolute atomic E-state index is 12.0. The van der Waals surface area contributed by atoms with E-state index in [1.807, 2.05) is 11.8 Å². The minimum atomic E-state index is -0.184. The lowest BCUT2D eigenvalue weighted by Gasteiger charge is -2.36. The first kappa shape index (κ1) is 15.4. The maximum Gasteiger partial charge on any atom is 0.236 e. The Bertz CT molecular complexity index is 263. The molecule has 0 spiro atoms. The number of aliphatic hydroxyl groups excluding tert-OH is 1. The SMILES string of the molecule is CC1CN(CC(=O)N(C)CCCN)CC(CO)O1. The van der Waals surface area contributed by atoms with E-state index in [4.69, 9.17) is 15.6 Å². The number of carbonyl (C=O) groups is 1. The van der Waals surface area contributed by atoms with Crippen molar-refractivity contribution >= 4 is 5.91 Å². The predicted octanol–water partition coefficient (Wildman–Crippen LogP) is -1.12. The summed E-state index contributed by atoms with van der Waals surface area (Å²) in [7, 11) is 1.80. The van der Waals surface area contributed by atoms with Gasteiger partial charge in [0.2, 0.25) is 5.91 Å². The molecular weight excluding hydrogens is 234 g/mol. The van der Waals surface area contributed by atoms with Gasteiger partial charge in [-0.15, -0.1) is 0 Å². The first-order chi connectivity index (χ1) is 8.56. The third kappa shape index (κ3) is 4.89. The van der Waals surface area contributed by atoms with Gasteiger partial charge in [-0.05, 0) is 19.9 Å². The van der Waals surface area contributed by atoms with Crippen LogP contribution in [-0.4, -0.2) is 79.4 Å². The Hall–Kier alpha value is -0.690. The highest BCUT2D eigenvalue weighted by Crippen LogP contribution is 2.10. The van der Waals surface area contributed by atoms with Crippen LogP contribution in [-0.2, 0) is 9.53 Å². The van der Waals surface area contributed by atoms with Crippen molar-refractivity contribution in [1.29, 1.82) is 0 Å². The van der Waals surface area contributed by atoms with Gasteiger partial charge in [0.05, 0.1) is 25.4 Å². The number of aliphatic hydroxyl groups is 1. The van der Waals surface area contributed by atoms with Crippen LogP contribution < -0.4 is 5.73 Å². The molecule has 3 N–H and O–H groups in total. The molecule has 1 amide bonds. The molecule has 0 bridgehead atoms. The molecule has 0 aromatic rings. The van der Waals surface area contributed by atoms with E-state index >= 15 is 0 Å². The van der Waals surface area contributed by atoms with Crippen LogP contribution >= 0.6 is 0 Å². The van der Waals surface area contributed by atoms with Gasteiger partial charge < -0.3 is 20.5 Å². The van der Waals surface area contributed by atoms with Crippen LogP contribution in [0.5, 0.6) is 0 Å². The zero-order valence-electron chi connectivity index (χ0n) is 11.3. The number of carbonyl (C=O) groups excluding carboxylic acids is 1. The predicted molar refractivity (Wildman–Crippen MR) is 69.2 cm³/mol. The van der Waals surface area contributed by atoms with Crippen molar-refractivity contribution in [3.8, 4) is 0 Å². The third-order valence-electron chi connectivity index (χ3n) is 3.09. The lowest BCUT2D eigenvalue weighted by atomic mass is 10.2. The summed E-state index contributed by atoms with van der Waals surface area (Å²) in [6.07, 6.45) is 0.690. The van der Waals surface area contributed by atoms with Gasteiger partial charge in [0, 0.05) is 26.7 Å². The highest BCUT2D eigenvalue weighted by atomic mass is 16.5. The van der Waals surface area contributed by atoms with E-state index < -0.39 is 0 Å². The number of likely N-dealkylation sites (N-methyl/N-ethyl adjacent to an activating group) is 1. The number of nitrogens with two attached hydrogens (primary N) is 1. The summed E-state index contributed by atoms with van der Waals surface area (Å²) in [6.45, 7) is 4.96. The average Bonchev–Trinajstić information content (AvgIpc) is 2.34. The summed E-state index contributed by atoms with van der Waals surface area (Å²) in [5.74, 6) is 0.0919. The van der Waals surface area contributed by atoms with E-state index in [0.717, 1.165) is 13.0 Å². The minimum absolute atomic E-state index is 0.00194. The van der Waals surface area contributed by atoms with Crippen molar-refractivity contribution in [3.63, 3.8) is 0 Å². The van der Waals surface area contributed by atoms with Gasteiger partial charge in [-0.2, -0.15) is 0 Å². The van der Waals surface area contributed by atoms with Crippen molar-refractivity contribution in [2.24, 2.45) is 5.73 Å². The van der Waals surface area contributed by atoms with Gasteiger partial charge in [-0.3, -0.25) is 9.69 Å². The highest BCUT2D eigenvalue weighted by Gasteiger charge is 2.26. The fraction of sp³-hybridized carbons (Fsp3) is 0.917. The summed E-state index contributed by atoms with van der Waals surface area (Å²) in [6, 6.07) is 0. The summed E-state index contributed by atoms with van der Waals surface area (Å²) >= 11 is 0. The lowest BCUT2D eigenvalue weighted by Crippen LogP contribution is -2.51. The van der Waals surface area contributed by atoms with Gasteiger partial charge in [-0.1, -0.05) is 0 Å². The zero-order chi connectivity index (χ0) is 13.5. The Morgan fingerprint density at radius 3 is 2.89 bits per heavy atom. The van der Waals surface area contributed by atoms with E-state index in [-0.39, 0.29) is 24.7 Å². The van der Waals surface area contributed by atoms with Gasteiger partial charge in [0.15, 0.2) is 0 Å². The number of amides is 1. The Kier molecular flexibility index (Phi) is 6.56. The number of ether oxygens (including phenoxy) is 1. The van der Waals surface area contributed by atoms with Crippen molar-refractivity contribution in [1.82, 2.24) is 9.80 Å². The Balaban J connectivity index is 2.38. The highest BCUT2D eigenvalue weighted by molar-refractivity contribution is 5.78. The molecule has 6 nitrogen and oxygen atoms in total. The molecule has 0 aliphatic carbocycles. The number of hydrogen-bond donors (Lipinski definition) is 2. The van der Waals surface area contributed by atoms with Crippen LogP contribution in [0.15, 0.2) is 0 Å². The molecule has 0 saturated carbocycles. The second-order valence-electron chi connectivity index (χ2n) is 4.90. The van der Waals surface area contributed by atoms with Crippen LogP contribution in [0.2, 0.25) is 0 Å². The molecule has 1 aliphatic rings. The summed E-state index contributed by atoms with van der Waals surface area (Å²) in [5.41, 5.74) is 5.42. The van der Waals surface area contributed by atoms with E-state index in [0.29, 0.717) is 26.2 Å². The molecule has 0 radical (unpaired) electrons. The number of nitrogens with zero attached hydrogens (tertiary/aromatic N) is 2. The van der Waals surface area contributed by atoms with Crippen LogP contribution in [0.1, 0.15) is 13.3 Å². The van der Waals surface area contributed by atoms with Crippen LogP contribution in [0, 0.1) is 0 Å². The molecule has 1 saturated heterocycles. The van der Waals surface area contributed by atoms with Crippen molar-refractivity contribution in [3.05, 3.63) is 0 Å². The van der Waals surface area contributed by atoms with Gasteiger partial charge in [-0.25, -0.2) is 0 Å². The summed E-state index contributed by atoms with van der Waals surface area (Å²) in [5, 5.41) is 9.13. The Labute approximate surface area is 109 Å².